The summed E-state index contributed by atoms with van der Waals surface area (Å²) in [5.41, 5.74) is 0. The van der Waals surface area contributed by atoms with E-state index in [4.69, 9.17) is 4.74 Å². The van der Waals surface area contributed by atoms with Crippen molar-refractivity contribution in [2.24, 2.45) is 10.9 Å². The van der Waals surface area contributed by atoms with Gasteiger partial charge in [0.05, 0.1) is 12.8 Å². The molecule has 1 heterocycles. The molecule has 2 N–H and O–H groups in total. The Morgan fingerprint density at radius 2 is 2.18 bits per heavy atom. The zero-order chi connectivity index (χ0) is 19.9. The summed E-state index contributed by atoms with van der Waals surface area (Å²) in [4.78, 5) is 4.19. The zero-order valence-electron chi connectivity index (χ0n) is 16.5. The largest absolute Gasteiger partial charge is 0.489 e. The Balaban J connectivity index is 0.00000392. The van der Waals surface area contributed by atoms with Crippen LogP contribution in [0.1, 0.15) is 19.8 Å². The third-order valence-corrected chi connectivity index (χ3v) is 5.82. The predicted molar refractivity (Wildman–Crippen MR) is 120 cm³/mol. The first-order valence-electron chi connectivity index (χ1n) is 9.13. The summed E-state index contributed by atoms with van der Waals surface area (Å²) in [7, 11) is -1.44. The molecule has 160 valence electrons. The van der Waals surface area contributed by atoms with E-state index in [0.717, 1.165) is 12.8 Å². The Hall–Kier alpha value is -1.14. The summed E-state index contributed by atoms with van der Waals surface area (Å²) in [6.07, 6.45) is 2.70. The summed E-state index contributed by atoms with van der Waals surface area (Å²) in [5, 5.41) is 6.45. The number of hydrogen-bond acceptors (Lipinski definition) is 4. The number of guanidine groups is 1. The number of aliphatic imine (C=N–C) groups is 1. The molecule has 0 aliphatic carbocycles. The van der Waals surface area contributed by atoms with E-state index in [2.05, 4.69) is 15.6 Å². The van der Waals surface area contributed by atoms with Gasteiger partial charge < -0.3 is 15.4 Å². The number of hydrogen-bond donors (Lipinski definition) is 2. The van der Waals surface area contributed by atoms with Gasteiger partial charge in [-0.15, -0.1) is 24.0 Å². The van der Waals surface area contributed by atoms with Crippen LogP contribution in [0.3, 0.4) is 0 Å². The highest BCUT2D eigenvalue weighted by Gasteiger charge is 2.28. The lowest BCUT2D eigenvalue weighted by Crippen LogP contribution is -2.44. The van der Waals surface area contributed by atoms with Crippen LogP contribution in [0.5, 0.6) is 5.75 Å². The fourth-order valence-corrected chi connectivity index (χ4v) is 3.86. The van der Waals surface area contributed by atoms with E-state index in [-0.39, 0.29) is 41.8 Å². The normalized spacial score (nSPS) is 19.0. The van der Waals surface area contributed by atoms with Crippen LogP contribution in [0.15, 0.2) is 29.3 Å². The molecule has 7 nitrogen and oxygen atoms in total. The van der Waals surface area contributed by atoms with E-state index in [1.807, 2.05) is 6.92 Å². The van der Waals surface area contributed by atoms with E-state index in [1.165, 1.54) is 22.7 Å². The smallest absolute Gasteiger partial charge is 0.211 e. The molecule has 0 spiro atoms. The van der Waals surface area contributed by atoms with Gasteiger partial charge in [-0.1, -0.05) is 13.0 Å². The van der Waals surface area contributed by atoms with Gasteiger partial charge in [0.15, 0.2) is 5.96 Å². The Morgan fingerprint density at radius 1 is 1.43 bits per heavy atom. The lowest BCUT2D eigenvalue weighted by atomic mass is 10.1. The first-order chi connectivity index (χ1) is 12.8. The summed E-state index contributed by atoms with van der Waals surface area (Å²) in [6.45, 7) is 4.26. The van der Waals surface area contributed by atoms with Crippen molar-refractivity contribution < 1.29 is 17.5 Å². The lowest BCUT2D eigenvalue weighted by Gasteiger charge is -2.21. The maximum absolute atomic E-state index is 13.3. The number of rotatable bonds is 8. The minimum absolute atomic E-state index is 0. The van der Waals surface area contributed by atoms with Gasteiger partial charge in [0, 0.05) is 32.7 Å². The summed E-state index contributed by atoms with van der Waals surface area (Å²) < 4.78 is 43.8. The SMILES string of the molecule is CCC(CNC(=NC)NCC1CCN(S(C)(=O)=O)C1)Oc1cccc(F)c1.I. The molecule has 0 aromatic heterocycles. The standard InChI is InChI=1S/C18H29FN4O3S.HI/c1-4-16(26-17-7-5-6-15(19)10-17)12-22-18(20-2)21-11-14-8-9-23(13-14)27(3,24)25;/h5-7,10,14,16H,4,8-9,11-13H2,1-3H3,(H2,20,21,22);1H. The molecule has 0 saturated carbocycles. The van der Waals surface area contributed by atoms with Gasteiger partial charge in [-0.2, -0.15) is 0 Å². The molecule has 2 atom stereocenters. The van der Waals surface area contributed by atoms with Gasteiger partial charge in [-0.25, -0.2) is 17.1 Å². The van der Waals surface area contributed by atoms with Crippen molar-refractivity contribution in [2.75, 3.05) is 39.5 Å². The van der Waals surface area contributed by atoms with Crippen molar-refractivity contribution in [1.29, 1.82) is 0 Å². The van der Waals surface area contributed by atoms with Gasteiger partial charge in [-0.05, 0) is 30.9 Å². The van der Waals surface area contributed by atoms with Crippen molar-refractivity contribution in [3.8, 4) is 5.75 Å². The van der Waals surface area contributed by atoms with E-state index in [9.17, 15) is 12.8 Å². The molecule has 1 aromatic carbocycles. The topological polar surface area (TPSA) is 83.0 Å². The second-order valence-corrected chi connectivity index (χ2v) is 8.70. The summed E-state index contributed by atoms with van der Waals surface area (Å²) >= 11 is 0. The van der Waals surface area contributed by atoms with Gasteiger partial charge in [0.25, 0.3) is 0 Å². The minimum Gasteiger partial charge on any atom is -0.489 e. The van der Waals surface area contributed by atoms with E-state index >= 15 is 0 Å². The Morgan fingerprint density at radius 3 is 2.75 bits per heavy atom. The molecule has 2 rings (SSSR count). The van der Waals surface area contributed by atoms with Crippen LogP contribution >= 0.6 is 24.0 Å². The van der Waals surface area contributed by atoms with Crippen molar-refractivity contribution in [2.45, 2.75) is 25.9 Å². The number of sulfonamides is 1. The Kier molecular flexibility index (Phi) is 10.5. The van der Waals surface area contributed by atoms with Gasteiger partial charge in [-0.3, -0.25) is 4.99 Å². The van der Waals surface area contributed by atoms with E-state index in [0.29, 0.717) is 37.9 Å². The molecule has 1 saturated heterocycles. The van der Waals surface area contributed by atoms with Crippen LogP contribution in [0.4, 0.5) is 4.39 Å². The van der Waals surface area contributed by atoms with Crippen molar-refractivity contribution in [1.82, 2.24) is 14.9 Å². The average Bonchev–Trinajstić information content (AvgIpc) is 3.10. The fourth-order valence-electron chi connectivity index (χ4n) is 2.94. The fraction of sp³-hybridized carbons (Fsp3) is 0.611. The van der Waals surface area contributed by atoms with Crippen molar-refractivity contribution in [3.05, 3.63) is 30.1 Å². The number of benzene rings is 1. The monoisotopic (exact) mass is 528 g/mol. The highest BCUT2D eigenvalue weighted by atomic mass is 127. The molecule has 1 aliphatic heterocycles. The lowest BCUT2D eigenvalue weighted by molar-refractivity contribution is 0.198. The summed E-state index contributed by atoms with van der Waals surface area (Å²) in [5.74, 6) is 1.06. The molecule has 1 aliphatic rings. The maximum atomic E-state index is 13.3. The van der Waals surface area contributed by atoms with Gasteiger partial charge in [0.1, 0.15) is 17.7 Å². The maximum Gasteiger partial charge on any atom is 0.211 e. The van der Waals surface area contributed by atoms with Crippen LogP contribution in [-0.2, 0) is 10.0 Å². The molecule has 0 amide bonds. The molecule has 28 heavy (non-hydrogen) atoms. The van der Waals surface area contributed by atoms with Crippen molar-refractivity contribution in [3.63, 3.8) is 0 Å². The highest BCUT2D eigenvalue weighted by Crippen LogP contribution is 2.18. The van der Waals surface area contributed by atoms with Crippen molar-refractivity contribution >= 4 is 40.0 Å². The van der Waals surface area contributed by atoms with Crippen LogP contribution in [0.2, 0.25) is 0 Å². The Labute approximate surface area is 184 Å². The van der Waals surface area contributed by atoms with Crippen LogP contribution in [-0.4, -0.2) is 64.3 Å². The zero-order valence-corrected chi connectivity index (χ0v) is 19.7. The molecule has 2 unspecified atom stereocenters. The summed E-state index contributed by atoms with van der Waals surface area (Å²) in [6, 6.07) is 6.09. The number of ether oxygens (including phenoxy) is 1. The number of halogens is 2. The average molecular weight is 528 g/mol. The van der Waals surface area contributed by atoms with Crippen LogP contribution in [0, 0.1) is 11.7 Å². The minimum atomic E-state index is -3.12. The molecular weight excluding hydrogens is 498 g/mol. The van der Waals surface area contributed by atoms with E-state index < -0.39 is 10.0 Å². The molecular formula is C18H30FIN4O3S. The molecule has 0 radical (unpaired) electrons. The quantitative estimate of drug-likeness (QED) is 0.307. The van der Waals surface area contributed by atoms with Crippen LogP contribution < -0.4 is 15.4 Å². The Bertz CT molecular complexity index is 748. The highest BCUT2D eigenvalue weighted by molar-refractivity contribution is 14.0. The molecule has 10 heteroatoms. The predicted octanol–water partition coefficient (Wildman–Crippen LogP) is 2.05. The van der Waals surface area contributed by atoms with E-state index in [1.54, 1.807) is 19.2 Å². The number of nitrogens with one attached hydrogen (secondary N) is 2. The first-order valence-corrected chi connectivity index (χ1v) is 11.0. The second kappa shape index (κ2) is 11.8. The molecule has 0 bridgehead atoms. The molecule has 1 fully saturated rings. The first kappa shape index (κ1) is 24.9. The number of nitrogens with zero attached hydrogens (tertiary/aromatic N) is 2. The third kappa shape index (κ3) is 8.08. The third-order valence-electron chi connectivity index (χ3n) is 4.55. The second-order valence-electron chi connectivity index (χ2n) is 6.72. The van der Waals surface area contributed by atoms with Gasteiger partial charge in [0.2, 0.25) is 10.0 Å². The van der Waals surface area contributed by atoms with Gasteiger partial charge >= 0.3 is 0 Å². The molecule has 1 aromatic rings. The van der Waals surface area contributed by atoms with Crippen LogP contribution in [0.25, 0.3) is 0 Å².